The van der Waals surface area contributed by atoms with Gasteiger partial charge in [-0.3, -0.25) is 0 Å². The molecule has 0 amide bonds. The summed E-state index contributed by atoms with van der Waals surface area (Å²) in [7, 11) is 2.12. The van der Waals surface area contributed by atoms with Crippen LogP contribution in [-0.2, 0) is 0 Å². The van der Waals surface area contributed by atoms with Crippen molar-refractivity contribution in [2.24, 2.45) is 0 Å². The molecule has 0 aliphatic carbocycles. The van der Waals surface area contributed by atoms with Crippen LogP contribution in [0.25, 0.3) is 43.7 Å². The summed E-state index contributed by atoms with van der Waals surface area (Å²) in [6.45, 7) is 0. The summed E-state index contributed by atoms with van der Waals surface area (Å²) < 4.78 is 5.96. The van der Waals surface area contributed by atoms with Crippen molar-refractivity contribution in [2.75, 3.05) is 0 Å². The molecule has 2 nitrogen and oxygen atoms in total. The number of benzene rings is 3. The Hall–Kier alpha value is -2.68. The molecule has 5 rings (SSSR count). The highest BCUT2D eigenvalue weighted by atomic mass is 16.3. The molecule has 0 unspecified atom stereocenters. The van der Waals surface area contributed by atoms with Gasteiger partial charge in [-0.1, -0.05) is 35.8 Å². The fourth-order valence-corrected chi connectivity index (χ4v) is 3.24. The van der Waals surface area contributed by atoms with Crippen molar-refractivity contribution in [2.45, 2.75) is 0 Å². The van der Waals surface area contributed by atoms with Crippen LogP contribution in [0.15, 0.2) is 59.0 Å². The predicted octanol–water partition coefficient (Wildman–Crippen LogP) is 3.48. The van der Waals surface area contributed by atoms with E-state index in [0.717, 1.165) is 16.7 Å². The molecule has 3 heteroatoms. The van der Waals surface area contributed by atoms with Gasteiger partial charge < -0.3 is 9.40 Å². The van der Waals surface area contributed by atoms with Crippen LogP contribution in [0.3, 0.4) is 0 Å². The van der Waals surface area contributed by atoms with Crippen LogP contribution >= 0.6 is 0 Å². The molecule has 2 heterocycles. The number of hydrogen-bond donors (Lipinski definition) is 1. The molecule has 0 atom stereocenters. The topological polar surface area (TPSA) is 28.9 Å². The largest absolute Gasteiger partial charge is 0.456 e. The van der Waals surface area contributed by atoms with E-state index in [0.29, 0.717) is 0 Å². The molecule has 0 aliphatic heterocycles. The van der Waals surface area contributed by atoms with E-state index in [9.17, 15) is 0 Å². The minimum absolute atomic E-state index is 0.937. The molecule has 0 bridgehead atoms. The lowest BCUT2D eigenvalue weighted by Gasteiger charge is -1.94. The average Bonchev–Trinajstić information content (AvgIpc) is 3.01. The number of nitrogens with one attached hydrogen (secondary N) is 1. The van der Waals surface area contributed by atoms with Crippen LogP contribution in [0.1, 0.15) is 0 Å². The first-order valence-electron chi connectivity index (χ1n) is 7.13. The third kappa shape index (κ3) is 1.43. The summed E-state index contributed by atoms with van der Waals surface area (Å²) in [5.74, 6) is 0. The second-order valence-corrected chi connectivity index (χ2v) is 5.67. The number of furan rings is 1. The lowest BCUT2D eigenvalue weighted by molar-refractivity contribution is 0.669. The maximum atomic E-state index is 5.96. The first kappa shape index (κ1) is 11.0. The van der Waals surface area contributed by atoms with Crippen molar-refractivity contribution in [3.63, 3.8) is 0 Å². The van der Waals surface area contributed by atoms with Crippen LogP contribution in [0, 0.1) is 0 Å². The molecular formula is C18H12BNO. The molecular weight excluding hydrogens is 257 g/mol. The van der Waals surface area contributed by atoms with E-state index < -0.39 is 0 Å². The number of para-hydroxylation sites is 1. The first-order chi connectivity index (χ1) is 10.3. The van der Waals surface area contributed by atoms with Crippen molar-refractivity contribution in [3.8, 4) is 0 Å². The van der Waals surface area contributed by atoms with Gasteiger partial charge in [0.1, 0.15) is 19.0 Å². The van der Waals surface area contributed by atoms with E-state index in [4.69, 9.17) is 4.42 Å². The molecule has 2 aromatic heterocycles. The Balaban J connectivity index is 2.01. The second kappa shape index (κ2) is 3.70. The number of aromatic nitrogens is 1. The van der Waals surface area contributed by atoms with Crippen LogP contribution in [-0.4, -0.2) is 12.8 Å². The van der Waals surface area contributed by atoms with E-state index in [1.165, 1.54) is 32.5 Å². The standard InChI is InChI=1S/C18H12BNO/c19-10-5-6-11-13-8-14-12-3-1-2-4-17(12)21-18(14)9-16(13)20-15(11)7-10/h1-9,20H,19H2. The quantitative estimate of drug-likeness (QED) is 0.428. The fraction of sp³-hybridized carbons (Fsp3) is 0. The van der Waals surface area contributed by atoms with Gasteiger partial charge in [0.2, 0.25) is 0 Å². The van der Waals surface area contributed by atoms with Gasteiger partial charge in [-0.2, -0.15) is 0 Å². The van der Waals surface area contributed by atoms with Crippen molar-refractivity contribution in [1.29, 1.82) is 0 Å². The normalized spacial score (nSPS) is 12.0. The van der Waals surface area contributed by atoms with Gasteiger partial charge in [-0.25, -0.2) is 0 Å². The van der Waals surface area contributed by atoms with Crippen molar-refractivity contribution in [1.82, 2.24) is 4.98 Å². The van der Waals surface area contributed by atoms with Crippen molar-refractivity contribution >= 4 is 57.1 Å². The smallest absolute Gasteiger partial charge is 0.139 e. The molecule has 0 spiro atoms. The maximum Gasteiger partial charge on any atom is 0.139 e. The molecule has 0 aliphatic rings. The minimum atomic E-state index is 0.937. The predicted molar refractivity (Wildman–Crippen MR) is 91.3 cm³/mol. The molecule has 3 aromatic carbocycles. The maximum absolute atomic E-state index is 5.96. The zero-order chi connectivity index (χ0) is 14.0. The fourth-order valence-electron chi connectivity index (χ4n) is 3.24. The van der Waals surface area contributed by atoms with E-state index in [2.05, 4.69) is 55.3 Å². The Labute approximate surface area is 121 Å². The highest BCUT2D eigenvalue weighted by Gasteiger charge is 2.11. The molecule has 0 fully saturated rings. The van der Waals surface area contributed by atoms with Crippen LogP contribution in [0.2, 0.25) is 0 Å². The summed E-state index contributed by atoms with van der Waals surface area (Å²) in [6.07, 6.45) is 0. The van der Waals surface area contributed by atoms with Crippen LogP contribution in [0.5, 0.6) is 0 Å². The lowest BCUT2D eigenvalue weighted by Crippen LogP contribution is -1.98. The highest BCUT2D eigenvalue weighted by molar-refractivity contribution is 6.33. The van der Waals surface area contributed by atoms with E-state index >= 15 is 0 Å². The Bertz CT molecular complexity index is 1150. The Morgan fingerprint density at radius 1 is 0.714 bits per heavy atom. The summed E-state index contributed by atoms with van der Waals surface area (Å²) in [5, 5.41) is 4.88. The van der Waals surface area contributed by atoms with Gasteiger partial charge in [0.05, 0.1) is 5.52 Å². The number of rotatable bonds is 0. The highest BCUT2D eigenvalue weighted by Crippen LogP contribution is 2.34. The van der Waals surface area contributed by atoms with Gasteiger partial charge in [-0.15, -0.1) is 0 Å². The number of aromatic amines is 1. The molecule has 0 saturated heterocycles. The van der Waals surface area contributed by atoms with Crippen LogP contribution in [0.4, 0.5) is 0 Å². The Kier molecular flexibility index (Phi) is 1.94. The van der Waals surface area contributed by atoms with Crippen molar-refractivity contribution in [3.05, 3.63) is 54.6 Å². The minimum Gasteiger partial charge on any atom is -0.456 e. The van der Waals surface area contributed by atoms with Gasteiger partial charge in [0, 0.05) is 33.1 Å². The summed E-state index contributed by atoms with van der Waals surface area (Å²) in [6, 6.07) is 19.1. The molecule has 5 aromatic rings. The monoisotopic (exact) mass is 269 g/mol. The van der Waals surface area contributed by atoms with Crippen LogP contribution < -0.4 is 5.46 Å². The summed E-state index contributed by atoms with van der Waals surface area (Å²) >= 11 is 0. The van der Waals surface area contributed by atoms with Crippen molar-refractivity contribution < 1.29 is 4.42 Å². The second-order valence-electron chi connectivity index (χ2n) is 5.67. The third-order valence-electron chi connectivity index (χ3n) is 4.25. The first-order valence-corrected chi connectivity index (χ1v) is 7.13. The zero-order valence-electron chi connectivity index (χ0n) is 11.6. The SMILES string of the molecule is Bc1ccc2c(c1)[nH]c1cc3oc4ccccc4c3cc12. The molecule has 0 saturated carbocycles. The molecule has 98 valence electrons. The van der Waals surface area contributed by atoms with E-state index in [-0.39, 0.29) is 0 Å². The third-order valence-corrected chi connectivity index (χ3v) is 4.25. The van der Waals surface area contributed by atoms with Gasteiger partial charge in [-0.05, 0) is 18.2 Å². The summed E-state index contributed by atoms with van der Waals surface area (Å²) in [4.78, 5) is 3.50. The molecule has 1 N–H and O–H groups in total. The number of fused-ring (bicyclic) bond motifs is 6. The number of H-pyrrole nitrogens is 1. The Morgan fingerprint density at radius 3 is 2.52 bits per heavy atom. The molecule has 21 heavy (non-hydrogen) atoms. The van der Waals surface area contributed by atoms with Gasteiger partial charge in [0.25, 0.3) is 0 Å². The average molecular weight is 269 g/mol. The molecule has 0 radical (unpaired) electrons. The summed E-state index contributed by atoms with van der Waals surface area (Å²) in [5.41, 5.74) is 5.46. The zero-order valence-corrected chi connectivity index (χ0v) is 11.6. The van der Waals surface area contributed by atoms with Gasteiger partial charge in [0.15, 0.2) is 0 Å². The van der Waals surface area contributed by atoms with Gasteiger partial charge >= 0.3 is 0 Å². The lowest BCUT2D eigenvalue weighted by atomic mass is 9.95. The van der Waals surface area contributed by atoms with E-state index in [1.807, 2.05) is 12.1 Å². The Morgan fingerprint density at radius 2 is 1.57 bits per heavy atom. The number of hydrogen-bond acceptors (Lipinski definition) is 1. The van der Waals surface area contributed by atoms with E-state index in [1.54, 1.807) is 0 Å².